The van der Waals surface area contributed by atoms with Crippen LogP contribution in [0.4, 0.5) is 0 Å². The predicted molar refractivity (Wildman–Crippen MR) is 67.1 cm³/mol. The van der Waals surface area contributed by atoms with Gasteiger partial charge in [-0.05, 0) is 42.0 Å². The molecule has 0 aliphatic carbocycles. The zero-order valence-electron chi connectivity index (χ0n) is 8.65. The minimum Gasteiger partial charge on any atom is -0.330 e. The average Bonchev–Trinajstić information content (AvgIpc) is 2.80. The molecule has 0 aliphatic heterocycles. The minimum absolute atomic E-state index is 0.763. The van der Waals surface area contributed by atoms with Crippen LogP contribution < -0.4 is 5.73 Å². The highest BCUT2D eigenvalue weighted by Gasteiger charge is 2.04. The van der Waals surface area contributed by atoms with Gasteiger partial charge in [0.15, 0.2) is 0 Å². The first-order valence-electron chi connectivity index (χ1n) is 5.23. The molecular weight excluding hydrogens is 202 g/mol. The van der Waals surface area contributed by atoms with Crippen LogP contribution in [0.15, 0.2) is 41.8 Å². The van der Waals surface area contributed by atoms with E-state index in [9.17, 15) is 0 Å². The summed E-state index contributed by atoms with van der Waals surface area (Å²) in [6.45, 7) is 0.763. The fraction of sp³-hybridized carbons (Fsp3) is 0.231. The molecule has 15 heavy (non-hydrogen) atoms. The van der Waals surface area contributed by atoms with Gasteiger partial charge in [-0.1, -0.05) is 30.3 Å². The van der Waals surface area contributed by atoms with E-state index < -0.39 is 0 Å². The summed E-state index contributed by atoms with van der Waals surface area (Å²) in [7, 11) is 0. The van der Waals surface area contributed by atoms with Crippen LogP contribution in [-0.2, 0) is 6.42 Å². The van der Waals surface area contributed by atoms with Gasteiger partial charge in [0, 0.05) is 4.88 Å². The van der Waals surface area contributed by atoms with Crippen LogP contribution in [0.25, 0.3) is 10.4 Å². The lowest BCUT2D eigenvalue weighted by Crippen LogP contribution is -2.00. The van der Waals surface area contributed by atoms with Crippen molar-refractivity contribution in [1.82, 2.24) is 0 Å². The van der Waals surface area contributed by atoms with Crippen LogP contribution in [-0.4, -0.2) is 6.54 Å². The highest BCUT2D eigenvalue weighted by atomic mass is 32.1. The Balaban J connectivity index is 2.30. The maximum absolute atomic E-state index is 5.55. The van der Waals surface area contributed by atoms with Gasteiger partial charge in [0.25, 0.3) is 0 Å². The average molecular weight is 217 g/mol. The van der Waals surface area contributed by atoms with Crippen LogP contribution in [0.5, 0.6) is 0 Å². The minimum atomic E-state index is 0.763. The quantitative estimate of drug-likeness (QED) is 0.835. The summed E-state index contributed by atoms with van der Waals surface area (Å²) in [5, 5.41) is 2.12. The van der Waals surface area contributed by atoms with E-state index in [0.717, 1.165) is 19.4 Å². The van der Waals surface area contributed by atoms with Crippen LogP contribution >= 0.6 is 11.3 Å². The predicted octanol–water partition coefficient (Wildman–Crippen LogP) is 3.31. The lowest BCUT2D eigenvalue weighted by Gasteiger charge is -2.06. The zero-order chi connectivity index (χ0) is 10.5. The van der Waals surface area contributed by atoms with E-state index in [1.165, 1.54) is 16.0 Å². The Hall–Kier alpha value is -1.12. The van der Waals surface area contributed by atoms with Crippen molar-refractivity contribution in [1.29, 1.82) is 0 Å². The lowest BCUT2D eigenvalue weighted by molar-refractivity contribution is 0.834. The Morgan fingerprint density at radius 3 is 2.67 bits per heavy atom. The van der Waals surface area contributed by atoms with Crippen molar-refractivity contribution in [3.05, 3.63) is 47.3 Å². The summed E-state index contributed by atoms with van der Waals surface area (Å²) < 4.78 is 0. The van der Waals surface area contributed by atoms with Crippen molar-refractivity contribution in [2.45, 2.75) is 12.8 Å². The van der Waals surface area contributed by atoms with Crippen molar-refractivity contribution in [3.63, 3.8) is 0 Å². The third-order valence-electron chi connectivity index (χ3n) is 2.45. The zero-order valence-corrected chi connectivity index (χ0v) is 9.46. The molecule has 2 rings (SSSR count). The summed E-state index contributed by atoms with van der Waals surface area (Å²) in [6.07, 6.45) is 2.13. The molecule has 78 valence electrons. The maximum Gasteiger partial charge on any atom is 0.0345 e. The van der Waals surface area contributed by atoms with E-state index in [1.807, 2.05) is 0 Å². The van der Waals surface area contributed by atoms with Gasteiger partial charge >= 0.3 is 0 Å². The van der Waals surface area contributed by atoms with Crippen LogP contribution in [0.2, 0.25) is 0 Å². The first-order valence-corrected chi connectivity index (χ1v) is 6.11. The molecule has 1 nitrogen and oxygen atoms in total. The second kappa shape index (κ2) is 5.10. The number of hydrogen-bond acceptors (Lipinski definition) is 2. The molecule has 0 aliphatic rings. The van der Waals surface area contributed by atoms with Crippen molar-refractivity contribution >= 4 is 11.3 Å². The Labute approximate surface area is 94.6 Å². The highest BCUT2D eigenvalue weighted by Crippen LogP contribution is 2.28. The van der Waals surface area contributed by atoms with E-state index in [1.54, 1.807) is 11.3 Å². The van der Waals surface area contributed by atoms with Crippen LogP contribution in [0, 0.1) is 0 Å². The van der Waals surface area contributed by atoms with Crippen LogP contribution in [0.3, 0.4) is 0 Å². The van der Waals surface area contributed by atoms with Crippen LogP contribution in [0.1, 0.15) is 12.0 Å². The molecule has 0 bridgehead atoms. The lowest BCUT2D eigenvalue weighted by atomic mass is 10.0. The maximum atomic E-state index is 5.55. The van der Waals surface area contributed by atoms with Gasteiger partial charge in [0.2, 0.25) is 0 Å². The molecule has 1 heterocycles. The number of rotatable bonds is 4. The van der Waals surface area contributed by atoms with Crippen molar-refractivity contribution < 1.29 is 0 Å². The molecular formula is C13H15NS. The second-order valence-corrected chi connectivity index (χ2v) is 4.47. The largest absolute Gasteiger partial charge is 0.330 e. The molecule has 0 atom stereocenters. The van der Waals surface area contributed by atoms with Crippen molar-refractivity contribution in [2.75, 3.05) is 6.54 Å². The Bertz CT molecular complexity index is 406. The molecule has 0 saturated carbocycles. The molecule has 0 amide bonds. The number of benzene rings is 1. The molecule has 0 saturated heterocycles. The SMILES string of the molecule is NCCCc1ccccc1-c1cccs1. The highest BCUT2D eigenvalue weighted by molar-refractivity contribution is 7.13. The summed E-state index contributed by atoms with van der Waals surface area (Å²) >= 11 is 1.79. The fourth-order valence-corrected chi connectivity index (χ4v) is 2.49. The fourth-order valence-electron chi connectivity index (χ4n) is 1.70. The van der Waals surface area contributed by atoms with E-state index in [2.05, 4.69) is 41.8 Å². The molecule has 0 spiro atoms. The van der Waals surface area contributed by atoms with Crippen molar-refractivity contribution in [2.24, 2.45) is 5.73 Å². The van der Waals surface area contributed by atoms with E-state index in [-0.39, 0.29) is 0 Å². The van der Waals surface area contributed by atoms with E-state index in [0.29, 0.717) is 0 Å². The number of aryl methyl sites for hydroxylation is 1. The van der Waals surface area contributed by atoms with Gasteiger partial charge in [-0.25, -0.2) is 0 Å². The second-order valence-electron chi connectivity index (χ2n) is 3.53. The molecule has 1 aromatic carbocycles. The molecule has 0 unspecified atom stereocenters. The normalized spacial score (nSPS) is 10.5. The summed E-state index contributed by atoms with van der Waals surface area (Å²) in [5.41, 5.74) is 8.32. The molecule has 0 fully saturated rings. The molecule has 2 heteroatoms. The van der Waals surface area contributed by atoms with Gasteiger partial charge in [0.05, 0.1) is 0 Å². The first-order chi connectivity index (χ1) is 7.42. The Kier molecular flexibility index (Phi) is 3.54. The van der Waals surface area contributed by atoms with Gasteiger partial charge < -0.3 is 5.73 Å². The number of nitrogens with two attached hydrogens (primary N) is 1. The number of thiophene rings is 1. The Morgan fingerprint density at radius 1 is 1.07 bits per heavy atom. The molecule has 2 aromatic rings. The van der Waals surface area contributed by atoms with Crippen molar-refractivity contribution in [3.8, 4) is 10.4 Å². The topological polar surface area (TPSA) is 26.0 Å². The third-order valence-corrected chi connectivity index (χ3v) is 3.36. The summed E-state index contributed by atoms with van der Waals surface area (Å²) in [4.78, 5) is 1.35. The van der Waals surface area contributed by atoms with Gasteiger partial charge in [-0.2, -0.15) is 0 Å². The molecule has 2 N–H and O–H groups in total. The third kappa shape index (κ3) is 2.46. The van der Waals surface area contributed by atoms with E-state index >= 15 is 0 Å². The molecule has 1 aromatic heterocycles. The molecule has 0 radical (unpaired) electrons. The summed E-state index contributed by atoms with van der Waals surface area (Å²) in [5.74, 6) is 0. The monoisotopic (exact) mass is 217 g/mol. The smallest absolute Gasteiger partial charge is 0.0345 e. The number of hydrogen-bond donors (Lipinski definition) is 1. The first kappa shape index (κ1) is 10.4. The van der Waals surface area contributed by atoms with Gasteiger partial charge in [0.1, 0.15) is 0 Å². The summed E-state index contributed by atoms with van der Waals surface area (Å²) in [6, 6.07) is 12.9. The standard InChI is InChI=1S/C13H15NS/c14-9-3-6-11-5-1-2-7-12(11)13-8-4-10-15-13/h1-2,4-5,7-8,10H,3,6,9,14H2. The van der Waals surface area contributed by atoms with E-state index in [4.69, 9.17) is 5.73 Å². The van der Waals surface area contributed by atoms with Gasteiger partial charge in [-0.15, -0.1) is 11.3 Å². The Morgan fingerprint density at radius 2 is 1.93 bits per heavy atom. The van der Waals surface area contributed by atoms with Gasteiger partial charge in [-0.3, -0.25) is 0 Å².